The number of alkyl halides is 1. The number of amides is 1. The van der Waals surface area contributed by atoms with Gasteiger partial charge in [0.05, 0.1) is 11.4 Å². The molecule has 1 amide bonds. The van der Waals surface area contributed by atoms with Crippen LogP contribution in [-0.4, -0.2) is 31.0 Å². The number of hydrogen-bond donors (Lipinski definition) is 1. The molecule has 1 aliphatic carbocycles. The normalized spacial score (nSPS) is 20.1. The highest BCUT2D eigenvalue weighted by atomic mass is 79.9. The van der Waals surface area contributed by atoms with Gasteiger partial charge in [-0.25, -0.2) is 0 Å². The zero-order chi connectivity index (χ0) is 13.6. The minimum Gasteiger partial charge on any atom is -0.383 e. The van der Waals surface area contributed by atoms with E-state index in [2.05, 4.69) is 35.1 Å². The van der Waals surface area contributed by atoms with Crippen molar-refractivity contribution in [2.24, 2.45) is 11.3 Å². The van der Waals surface area contributed by atoms with Crippen LogP contribution in [0.1, 0.15) is 46.0 Å². The van der Waals surface area contributed by atoms with Crippen molar-refractivity contribution in [2.45, 2.75) is 50.8 Å². The Morgan fingerprint density at radius 3 is 2.50 bits per heavy atom. The van der Waals surface area contributed by atoms with Gasteiger partial charge in [-0.15, -0.1) is 0 Å². The van der Waals surface area contributed by atoms with Crippen LogP contribution in [0.2, 0.25) is 0 Å². The average molecular weight is 320 g/mol. The van der Waals surface area contributed by atoms with E-state index in [-0.39, 0.29) is 16.1 Å². The predicted octanol–water partition coefficient (Wildman–Crippen LogP) is 3.12. The minimum atomic E-state index is -0.103. The van der Waals surface area contributed by atoms with E-state index in [0.717, 1.165) is 19.3 Å². The van der Waals surface area contributed by atoms with Gasteiger partial charge in [0.15, 0.2) is 0 Å². The summed E-state index contributed by atoms with van der Waals surface area (Å²) in [6, 6.07) is 0. The van der Waals surface area contributed by atoms with Crippen molar-refractivity contribution in [3.8, 4) is 0 Å². The lowest BCUT2D eigenvalue weighted by Gasteiger charge is -2.30. The van der Waals surface area contributed by atoms with Crippen LogP contribution in [-0.2, 0) is 9.53 Å². The molecule has 1 unspecified atom stereocenters. The second-order valence-electron chi connectivity index (χ2n) is 5.85. The minimum absolute atomic E-state index is 0.103. The molecule has 4 heteroatoms. The Kier molecular flexibility index (Phi) is 6.64. The van der Waals surface area contributed by atoms with E-state index >= 15 is 0 Å². The first-order chi connectivity index (χ1) is 8.50. The predicted molar refractivity (Wildman–Crippen MR) is 78.0 cm³/mol. The monoisotopic (exact) mass is 319 g/mol. The summed E-state index contributed by atoms with van der Waals surface area (Å²) in [6.07, 6.45) is 5.49. The van der Waals surface area contributed by atoms with E-state index in [9.17, 15) is 4.79 Å². The first-order valence-corrected chi connectivity index (χ1v) is 7.83. The quantitative estimate of drug-likeness (QED) is 0.732. The molecule has 0 aromatic carbocycles. The second kappa shape index (κ2) is 7.49. The molecule has 106 valence electrons. The number of ether oxygens (including phenoxy) is 1. The molecule has 18 heavy (non-hydrogen) atoms. The Labute approximate surface area is 119 Å². The molecular weight excluding hydrogens is 294 g/mol. The van der Waals surface area contributed by atoms with Gasteiger partial charge >= 0.3 is 0 Å². The lowest BCUT2D eigenvalue weighted by Crippen LogP contribution is -2.42. The summed E-state index contributed by atoms with van der Waals surface area (Å²) in [5.74, 6) is 0.821. The van der Waals surface area contributed by atoms with Crippen molar-refractivity contribution in [3.05, 3.63) is 0 Å². The number of hydrogen-bond acceptors (Lipinski definition) is 2. The van der Waals surface area contributed by atoms with Crippen molar-refractivity contribution in [1.29, 1.82) is 0 Å². The van der Waals surface area contributed by atoms with Crippen molar-refractivity contribution in [3.63, 3.8) is 0 Å². The van der Waals surface area contributed by atoms with Gasteiger partial charge in [0, 0.05) is 19.1 Å². The smallest absolute Gasteiger partial charge is 0.226 e. The molecule has 1 atom stereocenters. The van der Waals surface area contributed by atoms with E-state index in [0.29, 0.717) is 19.1 Å². The largest absolute Gasteiger partial charge is 0.383 e. The number of methoxy groups -OCH3 is 1. The van der Waals surface area contributed by atoms with Crippen LogP contribution in [0.3, 0.4) is 0 Å². The van der Waals surface area contributed by atoms with E-state index in [1.807, 2.05) is 0 Å². The maximum absolute atomic E-state index is 12.4. The van der Waals surface area contributed by atoms with Gasteiger partial charge < -0.3 is 10.1 Å². The Balaban J connectivity index is 2.50. The van der Waals surface area contributed by atoms with E-state index < -0.39 is 0 Å². The number of carbonyl (C=O) groups excluding carboxylic acids is 1. The molecule has 0 aromatic rings. The zero-order valence-corrected chi connectivity index (χ0v) is 13.4. The van der Waals surface area contributed by atoms with Crippen molar-refractivity contribution in [1.82, 2.24) is 5.32 Å². The molecule has 1 fully saturated rings. The highest BCUT2D eigenvalue weighted by molar-refractivity contribution is 9.09. The summed E-state index contributed by atoms with van der Waals surface area (Å²) in [7, 11) is 1.67. The number of halogens is 1. The van der Waals surface area contributed by atoms with Gasteiger partial charge in [-0.05, 0) is 25.2 Å². The van der Waals surface area contributed by atoms with Crippen LogP contribution in [0.4, 0.5) is 0 Å². The molecule has 1 N–H and O–H groups in total. The van der Waals surface area contributed by atoms with E-state index in [1.54, 1.807) is 7.11 Å². The van der Waals surface area contributed by atoms with Crippen LogP contribution < -0.4 is 5.32 Å². The third-order valence-electron chi connectivity index (χ3n) is 3.67. The van der Waals surface area contributed by atoms with Crippen molar-refractivity contribution in [2.75, 3.05) is 20.3 Å². The van der Waals surface area contributed by atoms with Crippen LogP contribution >= 0.6 is 15.9 Å². The third kappa shape index (κ3) is 4.54. The zero-order valence-electron chi connectivity index (χ0n) is 11.8. The molecule has 0 spiro atoms. The highest BCUT2D eigenvalue weighted by Crippen LogP contribution is 2.43. The lowest BCUT2D eigenvalue weighted by molar-refractivity contribution is -0.131. The average Bonchev–Trinajstić information content (AvgIpc) is 2.75. The molecule has 0 heterocycles. The Morgan fingerprint density at radius 2 is 2.00 bits per heavy atom. The molecule has 0 saturated heterocycles. The lowest BCUT2D eigenvalue weighted by atomic mass is 9.77. The summed E-state index contributed by atoms with van der Waals surface area (Å²) in [6.45, 7) is 5.67. The Bertz CT molecular complexity index is 263. The molecule has 0 bridgehead atoms. The van der Waals surface area contributed by atoms with Gasteiger partial charge in [0.1, 0.15) is 0 Å². The molecule has 1 aliphatic rings. The second-order valence-corrected chi connectivity index (χ2v) is 7.14. The van der Waals surface area contributed by atoms with Crippen molar-refractivity contribution >= 4 is 21.8 Å². The fourth-order valence-electron chi connectivity index (χ4n) is 2.99. The van der Waals surface area contributed by atoms with Gasteiger partial charge in [-0.1, -0.05) is 42.6 Å². The van der Waals surface area contributed by atoms with Crippen LogP contribution in [0, 0.1) is 11.3 Å². The van der Waals surface area contributed by atoms with E-state index in [4.69, 9.17) is 4.74 Å². The summed E-state index contributed by atoms with van der Waals surface area (Å²) < 4.78 is 5.05. The van der Waals surface area contributed by atoms with Gasteiger partial charge in [0.25, 0.3) is 0 Å². The summed E-state index contributed by atoms with van der Waals surface area (Å²) in [4.78, 5) is 12.6. The molecule has 3 nitrogen and oxygen atoms in total. The van der Waals surface area contributed by atoms with Crippen molar-refractivity contribution < 1.29 is 9.53 Å². The summed E-state index contributed by atoms with van der Waals surface area (Å²) in [5.41, 5.74) is -0.103. The SMILES string of the molecule is COCC(Br)CNC(=O)C1(CC(C)C)CCCC1. The molecule has 0 aromatic heterocycles. The fourth-order valence-corrected chi connectivity index (χ4v) is 3.41. The molecule has 1 rings (SSSR count). The summed E-state index contributed by atoms with van der Waals surface area (Å²) >= 11 is 3.50. The van der Waals surface area contributed by atoms with Gasteiger partial charge in [0.2, 0.25) is 5.91 Å². The Morgan fingerprint density at radius 1 is 1.39 bits per heavy atom. The third-order valence-corrected chi connectivity index (χ3v) is 4.26. The highest BCUT2D eigenvalue weighted by Gasteiger charge is 2.41. The van der Waals surface area contributed by atoms with Gasteiger partial charge in [-0.2, -0.15) is 0 Å². The van der Waals surface area contributed by atoms with E-state index in [1.165, 1.54) is 12.8 Å². The topological polar surface area (TPSA) is 38.3 Å². The van der Waals surface area contributed by atoms with Gasteiger partial charge in [-0.3, -0.25) is 4.79 Å². The summed E-state index contributed by atoms with van der Waals surface area (Å²) in [5, 5.41) is 3.09. The Hall–Kier alpha value is -0.0900. The first-order valence-electron chi connectivity index (χ1n) is 6.91. The van der Waals surface area contributed by atoms with Crippen LogP contribution in [0.25, 0.3) is 0 Å². The molecule has 0 aliphatic heterocycles. The standard InChI is InChI=1S/C14H26BrNO2/c1-11(2)8-14(6-4-5-7-14)13(17)16-9-12(15)10-18-3/h11-12H,4-10H2,1-3H3,(H,16,17). The van der Waals surface area contributed by atoms with Crippen LogP contribution in [0.5, 0.6) is 0 Å². The maximum atomic E-state index is 12.4. The molecule has 0 radical (unpaired) electrons. The number of nitrogens with one attached hydrogen (secondary N) is 1. The van der Waals surface area contributed by atoms with Crippen LogP contribution in [0.15, 0.2) is 0 Å². The number of rotatable bonds is 7. The fraction of sp³-hybridized carbons (Fsp3) is 0.929. The number of carbonyl (C=O) groups is 1. The maximum Gasteiger partial charge on any atom is 0.226 e. The molecular formula is C14H26BrNO2. The molecule has 1 saturated carbocycles. The first kappa shape index (κ1) is 16.0.